The summed E-state index contributed by atoms with van der Waals surface area (Å²) in [5, 5.41) is 17.4. The molecular weight excluding hydrogens is 965 g/mol. The van der Waals surface area contributed by atoms with Gasteiger partial charge in [-0.3, -0.25) is 28.8 Å². The van der Waals surface area contributed by atoms with Gasteiger partial charge in [0.25, 0.3) is 11.8 Å². The Morgan fingerprint density at radius 2 is 1.26 bits per heavy atom. The van der Waals surface area contributed by atoms with E-state index in [0.29, 0.717) is 95.0 Å². The van der Waals surface area contributed by atoms with Gasteiger partial charge in [-0.15, -0.1) is 0 Å². The van der Waals surface area contributed by atoms with Crippen LogP contribution in [0.3, 0.4) is 0 Å². The minimum absolute atomic E-state index is 0.00568. The van der Waals surface area contributed by atoms with Crippen LogP contribution in [0, 0.1) is 11.8 Å². The maximum atomic E-state index is 14.2. The fourth-order valence-electron chi connectivity index (χ4n) is 11.2. The monoisotopic (exact) mass is 1030 g/mol. The van der Waals surface area contributed by atoms with Crippen molar-refractivity contribution in [2.45, 2.75) is 136 Å². The van der Waals surface area contributed by atoms with Crippen molar-refractivity contribution in [3.05, 3.63) is 136 Å². The number of para-hydroxylation sites is 2. The van der Waals surface area contributed by atoms with E-state index in [1.165, 1.54) is 14.2 Å². The zero-order chi connectivity index (χ0) is 53.8. The molecule has 76 heavy (non-hydrogen) atoms. The molecule has 4 aliphatic rings. The third-order valence-corrected chi connectivity index (χ3v) is 15.3. The molecule has 4 amide bonds. The fraction of sp³-hybridized carbons (Fsp3) is 0.410. The summed E-state index contributed by atoms with van der Waals surface area (Å²) in [6, 6.07) is 27.1. The number of Topliss-reactive ketones (excluding diaryl/α,β-unsaturated/α-hetero) is 2. The van der Waals surface area contributed by atoms with Gasteiger partial charge in [0.1, 0.15) is 19.0 Å². The highest BCUT2D eigenvalue weighted by Gasteiger charge is 2.42. The summed E-state index contributed by atoms with van der Waals surface area (Å²) >= 11 is 0. The van der Waals surface area contributed by atoms with E-state index in [1.807, 2.05) is 80.3 Å². The summed E-state index contributed by atoms with van der Waals surface area (Å²) in [4.78, 5) is 84.4. The molecule has 5 aromatic rings. The van der Waals surface area contributed by atoms with Crippen LogP contribution in [0.15, 0.2) is 91.0 Å². The molecule has 5 atom stereocenters. The lowest BCUT2D eigenvalue weighted by Crippen LogP contribution is -2.45. The quantitative estimate of drug-likeness (QED) is 0.0595. The van der Waals surface area contributed by atoms with Gasteiger partial charge in [0.2, 0.25) is 11.8 Å². The van der Waals surface area contributed by atoms with E-state index in [2.05, 4.69) is 16.7 Å². The number of anilines is 3. The van der Waals surface area contributed by atoms with Gasteiger partial charge in [-0.25, -0.2) is 0 Å². The number of hydrogen-bond acceptors (Lipinski definition) is 11. The number of rotatable bonds is 21. The summed E-state index contributed by atoms with van der Waals surface area (Å²) in [7, 11) is 3.04. The van der Waals surface area contributed by atoms with Crippen molar-refractivity contribution in [3.63, 3.8) is 0 Å². The summed E-state index contributed by atoms with van der Waals surface area (Å²) in [5.74, 6) is -0.560. The average molecular weight is 1030 g/mol. The predicted molar refractivity (Wildman–Crippen MR) is 289 cm³/mol. The lowest BCUT2D eigenvalue weighted by atomic mass is 9.92. The van der Waals surface area contributed by atoms with Crippen LogP contribution < -0.4 is 39.4 Å². The average Bonchev–Trinajstić information content (AvgIpc) is 3.96. The second kappa shape index (κ2) is 23.2. The van der Waals surface area contributed by atoms with Gasteiger partial charge >= 0.3 is 0 Å². The van der Waals surface area contributed by atoms with Crippen LogP contribution in [-0.2, 0) is 58.1 Å². The first-order valence-corrected chi connectivity index (χ1v) is 26.6. The number of ketones is 2. The Kier molecular flexibility index (Phi) is 16.2. The predicted octanol–water partition coefficient (Wildman–Crippen LogP) is 9.08. The highest BCUT2D eigenvalue weighted by molar-refractivity contribution is 6.10. The standard InChI is InChI=1S/C61H68N4O11/c1-7-45(66)16-10-13-19-57(69)63-58(35(2)3)52(68)22-36(4)59(70)62-43-24-37(33-75-55-29-39-20-21-44-26-40-14-8-11-17-48(40)64(44)60(71)46(39)31-53(55)73-5)23-38(25-43)34-76-56-30-42-28-51(67)50-27-41-15-9-12-18-49(41)65(50)61(72)47(42)32-54(56)74-6/h8-9,11-12,14-15,17-18,23-25,29-32,35-36,44,50-51,58,67H,7,10,13,16,19-22,26-28,33-34H2,1-6H3,(H,62,70)(H,63,69)/t36-,44-,50+,51?,58+/m1/s1. The number of carbonyl (C=O) groups is 6. The van der Waals surface area contributed by atoms with Crippen molar-refractivity contribution in [2.24, 2.45) is 11.8 Å². The molecule has 9 rings (SSSR count). The number of nitrogens with zero attached hydrogens (tertiary/aromatic N) is 2. The molecule has 0 aliphatic carbocycles. The Hall–Kier alpha value is -7.52. The van der Waals surface area contributed by atoms with Crippen molar-refractivity contribution >= 4 is 52.3 Å². The van der Waals surface area contributed by atoms with Crippen LogP contribution in [0.5, 0.6) is 23.0 Å². The Morgan fingerprint density at radius 3 is 1.89 bits per heavy atom. The Balaban J connectivity index is 0.947. The molecule has 0 bridgehead atoms. The van der Waals surface area contributed by atoms with E-state index in [9.17, 15) is 33.9 Å². The molecule has 398 valence electrons. The molecule has 0 saturated carbocycles. The summed E-state index contributed by atoms with van der Waals surface area (Å²) < 4.78 is 24.6. The first kappa shape index (κ1) is 53.3. The van der Waals surface area contributed by atoms with E-state index in [0.717, 1.165) is 40.9 Å². The maximum absolute atomic E-state index is 14.2. The molecule has 4 heterocycles. The third-order valence-electron chi connectivity index (χ3n) is 15.3. The van der Waals surface area contributed by atoms with Gasteiger partial charge in [0.05, 0.1) is 32.4 Å². The number of unbranched alkanes of at least 4 members (excludes halogenated alkanes) is 1. The zero-order valence-electron chi connectivity index (χ0n) is 44.2. The van der Waals surface area contributed by atoms with Gasteiger partial charge < -0.3 is 44.5 Å². The van der Waals surface area contributed by atoms with Crippen LogP contribution in [0.1, 0.15) is 127 Å². The zero-order valence-corrected chi connectivity index (χ0v) is 44.2. The summed E-state index contributed by atoms with van der Waals surface area (Å²) in [5.41, 5.74) is 8.09. The van der Waals surface area contributed by atoms with Crippen LogP contribution >= 0.6 is 0 Å². The van der Waals surface area contributed by atoms with Crippen LogP contribution in [0.4, 0.5) is 17.1 Å². The van der Waals surface area contributed by atoms with Crippen LogP contribution in [-0.4, -0.2) is 78.8 Å². The van der Waals surface area contributed by atoms with Gasteiger partial charge in [-0.05, 0) is 132 Å². The van der Waals surface area contributed by atoms with Crippen LogP contribution in [0.2, 0.25) is 0 Å². The number of carbonyl (C=O) groups excluding carboxylic acids is 6. The van der Waals surface area contributed by atoms with Gasteiger partial charge in [0, 0.05) is 72.3 Å². The molecule has 3 N–H and O–H groups in total. The number of fused-ring (bicyclic) bond motifs is 8. The van der Waals surface area contributed by atoms with Gasteiger partial charge in [-0.2, -0.15) is 0 Å². The minimum atomic E-state index is -0.831. The van der Waals surface area contributed by atoms with Crippen molar-refractivity contribution in [3.8, 4) is 23.0 Å². The normalized spacial score (nSPS) is 17.9. The largest absolute Gasteiger partial charge is 0.493 e. The van der Waals surface area contributed by atoms with Crippen molar-refractivity contribution in [1.29, 1.82) is 0 Å². The molecule has 5 aromatic carbocycles. The number of hydrogen-bond donors (Lipinski definition) is 3. The lowest BCUT2D eigenvalue weighted by Gasteiger charge is -2.26. The highest BCUT2D eigenvalue weighted by atomic mass is 16.5. The number of methoxy groups -OCH3 is 2. The van der Waals surface area contributed by atoms with Gasteiger partial charge in [0.15, 0.2) is 28.8 Å². The fourth-order valence-corrected chi connectivity index (χ4v) is 11.2. The van der Waals surface area contributed by atoms with Crippen LogP contribution in [0.25, 0.3) is 0 Å². The number of aliphatic hydroxyl groups is 1. The minimum Gasteiger partial charge on any atom is -0.493 e. The summed E-state index contributed by atoms with van der Waals surface area (Å²) in [6.45, 7) is 7.20. The second-order valence-corrected chi connectivity index (χ2v) is 20.9. The SMILES string of the molecule is CCC(=O)CCCCC(=O)N[C@H](C(=O)C[C@@H](C)C(=O)Nc1cc(COc2cc3c(cc2OC)C(=O)N2c4ccccc4C[C@H]2CC3)cc(COc2cc3c(cc2OC)C(=O)N2c4ccccc4C[C@H]2C(O)C3)c1)C(C)C. The van der Waals surface area contributed by atoms with E-state index in [1.54, 1.807) is 42.2 Å². The molecule has 0 fully saturated rings. The number of aryl methyl sites for hydroxylation is 1. The Bertz CT molecular complexity index is 3060. The molecule has 0 spiro atoms. The molecule has 0 saturated heterocycles. The van der Waals surface area contributed by atoms with E-state index in [4.69, 9.17) is 18.9 Å². The van der Waals surface area contributed by atoms with E-state index >= 15 is 0 Å². The number of amides is 4. The molecule has 4 aliphatic heterocycles. The number of ether oxygens (including phenoxy) is 4. The van der Waals surface area contributed by atoms with Crippen molar-refractivity contribution < 1.29 is 52.8 Å². The number of benzene rings is 5. The molecule has 15 heteroatoms. The number of nitrogens with one attached hydrogen (secondary N) is 2. The molecule has 0 aromatic heterocycles. The Morgan fingerprint density at radius 1 is 0.684 bits per heavy atom. The topological polar surface area (TPSA) is 190 Å². The molecule has 1 unspecified atom stereocenters. The first-order chi connectivity index (χ1) is 36.6. The van der Waals surface area contributed by atoms with E-state index in [-0.39, 0.29) is 73.7 Å². The molecule has 0 radical (unpaired) electrons. The van der Waals surface area contributed by atoms with Crippen molar-refractivity contribution in [1.82, 2.24) is 5.32 Å². The number of aliphatic hydroxyl groups excluding tert-OH is 1. The van der Waals surface area contributed by atoms with E-state index < -0.39 is 30.0 Å². The summed E-state index contributed by atoms with van der Waals surface area (Å²) in [6.07, 6.45) is 4.26. The second-order valence-electron chi connectivity index (χ2n) is 20.9. The van der Waals surface area contributed by atoms with Crippen molar-refractivity contribution in [2.75, 3.05) is 29.3 Å². The lowest BCUT2D eigenvalue weighted by molar-refractivity contribution is -0.131. The molecular formula is C61H68N4O11. The van der Waals surface area contributed by atoms with Gasteiger partial charge in [-0.1, -0.05) is 64.1 Å². The third kappa shape index (κ3) is 11.3. The first-order valence-electron chi connectivity index (χ1n) is 26.6. The Labute approximate surface area is 444 Å². The smallest absolute Gasteiger partial charge is 0.259 e. The maximum Gasteiger partial charge on any atom is 0.259 e. The molecule has 15 nitrogen and oxygen atoms in total. The highest BCUT2D eigenvalue weighted by Crippen LogP contribution is 2.43.